The molecule has 0 unspecified atom stereocenters. The second-order valence-electron chi connectivity index (χ2n) is 6.78. The molecule has 6 heteroatoms. The summed E-state index contributed by atoms with van der Waals surface area (Å²) in [5.41, 5.74) is 3.29. The van der Waals surface area contributed by atoms with Crippen LogP contribution in [-0.4, -0.2) is 44.7 Å². The number of likely N-dealkylation sites (N-methyl/N-ethyl adjacent to an activating group) is 1. The van der Waals surface area contributed by atoms with Gasteiger partial charge < -0.3 is 9.32 Å². The van der Waals surface area contributed by atoms with Gasteiger partial charge in [-0.15, -0.1) is 0 Å². The predicted molar refractivity (Wildman–Crippen MR) is 95.4 cm³/mol. The topological polar surface area (TPSA) is 62.6 Å². The third-order valence-electron chi connectivity index (χ3n) is 4.63. The normalized spacial score (nSPS) is 22.3. The highest BCUT2D eigenvalue weighted by atomic mass is 32.2. The van der Waals surface area contributed by atoms with E-state index >= 15 is 0 Å². The molecule has 3 rings (SSSR count). The van der Waals surface area contributed by atoms with E-state index in [1.807, 2.05) is 13.1 Å². The molecule has 1 aliphatic rings. The highest BCUT2D eigenvalue weighted by Gasteiger charge is 2.35. The number of furan rings is 1. The minimum absolute atomic E-state index is 0.0952. The number of hydrogen-bond donors (Lipinski definition) is 1. The van der Waals surface area contributed by atoms with Gasteiger partial charge in [-0.25, -0.2) is 13.1 Å². The summed E-state index contributed by atoms with van der Waals surface area (Å²) in [6, 6.07) is 10.1. The van der Waals surface area contributed by atoms with E-state index in [9.17, 15) is 8.42 Å². The first-order valence-corrected chi connectivity index (χ1v) is 9.73. The third-order valence-corrected chi connectivity index (χ3v) is 6.50. The standard InChI is InChI=1S/C18H24N2O3S/c1-13(2)24(21,22)19-18-11-20(3)10-17(18)15-6-4-14(5-7-15)16-8-9-23-12-16/h4-9,12-13,17-19H,10-11H2,1-3H3/t17-,18+/m1/s1. The lowest BCUT2D eigenvalue weighted by Crippen LogP contribution is -2.42. The smallest absolute Gasteiger partial charge is 0.214 e. The van der Waals surface area contributed by atoms with Crippen molar-refractivity contribution in [1.82, 2.24) is 9.62 Å². The third kappa shape index (κ3) is 3.55. The van der Waals surface area contributed by atoms with Crippen molar-refractivity contribution in [3.8, 4) is 11.1 Å². The summed E-state index contributed by atoms with van der Waals surface area (Å²) in [4.78, 5) is 2.17. The molecule has 0 bridgehead atoms. The molecule has 1 aromatic heterocycles. The van der Waals surface area contributed by atoms with Crippen LogP contribution in [0.4, 0.5) is 0 Å². The predicted octanol–water partition coefficient (Wildman–Crippen LogP) is 2.67. The van der Waals surface area contributed by atoms with Gasteiger partial charge in [0.1, 0.15) is 0 Å². The molecule has 0 spiro atoms. The average molecular weight is 348 g/mol. The van der Waals surface area contributed by atoms with Crippen molar-refractivity contribution in [2.24, 2.45) is 0 Å². The Morgan fingerprint density at radius 1 is 1.12 bits per heavy atom. The van der Waals surface area contributed by atoms with E-state index in [0.29, 0.717) is 0 Å². The molecule has 1 aromatic carbocycles. The number of likely N-dealkylation sites (tertiary alicyclic amines) is 1. The summed E-state index contributed by atoms with van der Waals surface area (Å²) < 4.78 is 32.5. The molecule has 0 amide bonds. The minimum atomic E-state index is -3.28. The van der Waals surface area contributed by atoms with Gasteiger partial charge in [0.05, 0.1) is 17.8 Å². The van der Waals surface area contributed by atoms with Gasteiger partial charge in [0, 0.05) is 30.6 Å². The second-order valence-corrected chi connectivity index (χ2v) is 9.05. The zero-order chi connectivity index (χ0) is 17.3. The fourth-order valence-electron chi connectivity index (χ4n) is 3.16. The molecule has 24 heavy (non-hydrogen) atoms. The van der Waals surface area contributed by atoms with Crippen LogP contribution in [0.5, 0.6) is 0 Å². The monoisotopic (exact) mass is 348 g/mol. The number of nitrogens with zero attached hydrogens (tertiary/aromatic N) is 1. The summed E-state index contributed by atoms with van der Waals surface area (Å²) in [6.07, 6.45) is 3.38. The van der Waals surface area contributed by atoms with Crippen LogP contribution in [0.15, 0.2) is 47.3 Å². The quantitative estimate of drug-likeness (QED) is 0.902. The minimum Gasteiger partial charge on any atom is -0.472 e. The van der Waals surface area contributed by atoms with Crippen LogP contribution in [0.2, 0.25) is 0 Å². The van der Waals surface area contributed by atoms with Gasteiger partial charge in [0.25, 0.3) is 0 Å². The fourth-order valence-corrected chi connectivity index (χ4v) is 4.09. The Morgan fingerprint density at radius 2 is 1.83 bits per heavy atom. The SMILES string of the molecule is CC(C)S(=O)(=O)N[C@H]1CN(C)C[C@@H]1c1ccc(-c2ccoc2)cc1. The van der Waals surface area contributed by atoms with Crippen LogP contribution >= 0.6 is 0 Å². The summed E-state index contributed by atoms with van der Waals surface area (Å²) in [5, 5.41) is -0.424. The fraction of sp³-hybridized carbons (Fsp3) is 0.444. The lowest BCUT2D eigenvalue weighted by molar-refractivity contribution is 0.404. The Morgan fingerprint density at radius 3 is 2.42 bits per heavy atom. The van der Waals surface area contributed by atoms with Crippen LogP contribution in [0, 0.1) is 0 Å². The highest BCUT2D eigenvalue weighted by Crippen LogP contribution is 2.29. The molecule has 2 aromatic rings. The summed E-state index contributed by atoms with van der Waals surface area (Å²) >= 11 is 0. The Bertz CT molecular complexity index is 767. The van der Waals surface area contributed by atoms with Crippen molar-refractivity contribution >= 4 is 10.0 Å². The molecule has 5 nitrogen and oxygen atoms in total. The largest absolute Gasteiger partial charge is 0.472 e. The molecule has 1 saturated heterocycles. The summed E-state index contributed by atoms with van der Waals surface area (Å²) in [7, 11) is -1.25. The number of hydrogen-bond acceptors (Lipinski definition) is 4. The highest BCUT2D eigenvalue weighted by molar-refractivity contribution is 7.90. The zero-order valence-electron chi connectivity index (χ0n) is 14.3. The van der Waals surface area contributed by atoms with Gasteiger partial charge >= 0.3 is 0 Å². The van der Waals surface area contributed by atoms with Crippen molar-refractivity contribution in [2.75, 3.05) is 20.1 Å². The molecule has 1 N–H and O–H groups in total. The maximum absolute atomic E-state index is 12.2. The Kier molecular flexibility index (Phi) is 4.80. The average Bonchev–Trinajstić information content (AvgIpc) is 3.17. The Balaban J connectivity index is 1.81. The van der Waals surface area contributed by atoms with Crippen LogP contribution < -0.4 is 4.72 Å². The Labute approximate surface area is 143 Å². The van der Waals surface area contributed by atoms with Gasteiger partial charge in [-0.1, -0.05) is 24.3 Å². The van der Waals surface area contributed by atoms with Crippen LogP contribution in [0.25, 0.3) is 11.1 Å². The Hall–Kier alpha value is -1.63. The summed E-state index contributed by atoms with van der Waals surface area (Å²) in [6.45, 7) is 4.97. The van der Waals surface area contributed by atoms with Crippen molar-refractivity contribution < 1.29 is 12.8 Å². The first-order valence-electron chi connectivity index (χ1n) is 8.19. The maximum atomic E-state index is 12.2. The van der Waals surface area contributed by atoms with Crippen molar-refractivity contribution in [3.63, 3.8) is 0 Å². The van der Waals surface area contributed by atoms with Crippen LogP contribution in [-0.2, 0) is 10.0 Å². The van der Waals surface area contributed by atoms with Crippen molar-refractivity contribution in [1.29, 1.82) is 0 Å². The lowest BCUT2D eigenvalue weighted by atomic mass is 9.93. The summed E-state index contributed by atoms with van der Waals surface area (Å²) in [5.74, 6) is 0.155. The van der Waals surface area contributed by atoms with Crippen molar-refractivity contribution in [3.05, 3.63) is 48.4 Å². The van der Waals surface area contributed by atoms with E-state index in [4.69, 9.17) is 4.42 Å². The van der Waals surface area contributed by atoms with Crippen LogP contribution in [0.1, 0.15) is 25.3 Å². The van der Waals surface area contributed by atoms with E-state index < -0.39 is 15.3 Å². The van der Waals surface area contributed by atoms with Gasteiger partial charge in [0.2, 0.25) is 10.0 Å². The van der Waals surface area contributed by atoms with Gasteiger partial charge in [-0.05, 0) is 38.1 Å². The molecule has 2 atom stereocenters. The molecule has 2 heterocycles. The number of benzene rings is 1. The first-order chi connectivity index (χ1) is 11.4. The second kappa shape index (κ2) is 6.70. The molecular formula is C18H24N2O3S. The van der Waals surface area contributed by atoms with Crippen molar-refractivity contribution in [2.45, 2.75) is 31.1 Å². The van der Waals surface area contributed by atoms with Gasteiger partial charge in [0.15, 0.2) is 0 Å². The van der Waals surface area contributed by atoms with E-state index in [1.54, 1.807) is 26.4 Å². The molecule has 0 radical (unpaired) electrons. The molecule has 1 aliphatic heterocycles. The molecule has 0 saturated carbocycles. The first kappa shape index (κ1) is 17.2. The molecule has 130 valence electrons. The number of rotatable bonds is 5. The maximum Gasteiger partial charge on any atom is 0.214 e. The van der Waals surface area contributed by atoms with Gasteiger partial charge in [-0.3, -0.25) is 0 Å². The molecule has 1 fully saturated rings. The molecular weight excluding hydrogens is 324 g/mol. The van der Waals surface area contributed by atoms with E-state index in [1.165, 1.54) is 0 Å². The number of nitrogens with one attached hydrogen (secondary N) is 1. The lowest BCUT2D eigenvalue weighted by Gasteiger charge is -2.21. The number of sulfonamides is 1. The van der Waals surface area contributed by atoms with Crippen LogP contribution in [0.3, 0.4) is 0 Å². The molecule has 0 aliphatic carbocycles. The van der Waals surface area contributed by atoms with Gasteiger partial charge in [-0.2, -0.15) is 0 Å². The zero-order valence-corrected chi connectivity index (χ0v) is 15.1. The van der Waals surface area contributed by atoms with E-state index in [-0.39, 0.29) is 12.0 Å². The van der Waals surface area contributed by atoms with E-state index in [0.717, 1.165) is 29.8 Å². The van der Waals surface area contributed by atoms with E-state index in [2.05, 4.69) is 33.9 Å².